The molecule has 0 aromatic carbocycles. The molecule has 1 saturated heterocycles. The van der Waals surface area contributed by atoms with E-state index in [9.17, 15) is 4.79 Å². The van der Waals surface area contributed by atoms with Gasteiger partial charge in [-0.3, -0.25) is 14.7 Å². The maximum Gasteiger partial charge on any atom is 0.222 e. The summed E-state index contributed by atoms with van der Waals surface area (Å²) in [5.41, 5.74) is 1.08. The zero-order chi connectivity index (χ0) is 13.0. The Kier molecular flexibility index (Phi) is 4.72. The van der Waals surface area contributed by atoms with Crippen LogP contribution in [0.25, 0.3) is 0 Å². The first-order chi connectivity index (χ1) is 8.69. The van der Waals surface area contributed by atoms with Gasteiger partial charge in [0, 0.05) is 30.2 Å². The number of nitrogens with one attached hydrogen (secondary N) is 1. The number of amides is 1. The van der Waals surface area contributed by atoms with Crippen molar-refractivity contribution < 1.29 is 4.79 Å². The molecular weight excluding hydrogens is 294 g/mol. The van der Waals surface area contributed by atoms with Gasteiger partial charge in [-0.15, -0.1) is 0 Å². The van der Waals surface area contributed by atoms with E-state index < -0.39 is 0 Å². The van der Waals surface area contributed by atoms with Crippen molar-refractivity contribution in [1.82, 2.24) is 15.2 Å². The van der Waals surface area contributed by atoms with Crippen LogP contribution in [0, 0.1) is 5.92 Å². The van der Waals surface area contributed by atoms with Gasteiger partial charge in [0.25, 0.3) is 0 Å². The van der Waals surface area contributed by atoms with Crippen LogP contribution in [0.1, 0.15) is 18.5 Å². The minimum Gasteiger partial charge on any atom is -0.359 e. The molecular formula is C13H18BrN3O. The summed E-state index contributed by atoms with van der Waals surface area (Å²) in [6.07, 6.45) is 3.71. The molecule has 1 aromatic heterocycles. The van der Waals surface area contributed by atoms with Crippen LogP contribution in [0.5, 0.6) is 0 Å². The fraction of sp³-hybridized carbons (Fsp3) is 0.538. The highest BCUT2D eigenvalue weighted by Gasteiger charge is 2.24. The predicted molar refractivity (Wildman–Crippen MR) is 74.0 cm³/mol. The number of carbonyl (C=O) groups is 1. The van der Waals surface area contributed by atoms with E-state index in [1.165, 1.54) is 0 Å². The van der Waals surface area contributed by atoms with Gasteiger partial charge in [-0.25, -0.2) is 0 Å². The predicted octanol–water partition coefficient (Wildman–Crippen LogP) is 1.80. The zero-order valence-corrected chi connectivity index (χ0v) is 12.1. The summed E-state index contributed by atoms with van der Waals surface area (Å²) >= 11 is 3.38. The Morgan fingerprint density at radius 1 is 1.50 bits per heavy atom. The smallest absolute Gasteiger partial charge is 0.222 e. The number of likely N-dealkylation sites (tertiary alicyclic amines) is 1. The highest BCUT2D eigenvalue weighted by atomic mass is 79.9. The first-order valence-corrected chi connectivity index (χ1v) is 7.02. The van der Waals surface area contributed by atoms with E-state index in [0.29, 0.717) is 0 Å². The van der Waals surface area contributed by atoms with E-state index in [1.54, 1.807) is 7.05 Å². The van der Waals surface area contributed by atoms with Crippen molar-refractivity contribution in [3.05, 3.63) is 28.5 Å². The Labute approximate surface area is 116 Å². The molecule has 5 heteroatoms. The molecule has 0 bridgehead atoms. The summed E-state index contributed by atoms with van der Waals surface area (Å²) in [6.45, 7) is 2.80. The summed E-state index contributed by atoms with van der Waals surface area (Å²) < 4.78 is 1.00. The summed E-state index contributed by atoms with van der Waals surface area (Å²) in [4.78, 5) is 18.3. The summed E-state index contributed by atoms with van der Waals surface area (Å²) in [5.74, 6) is 0.362. The standard InChI is InChI=1S/C13H18BrN3O/c1-15-13(18)10-4-6-17(7-5-10)9-12-3-2-11(14)8-16-12/h2-3,8,10H,4-7,9H2,1H3,(H,15,18). The molecule has 1 aromatic rings. The quantitative estimate of drug-likeness (QED) is 0.926. The molecule has 4 nitrogen and oxygen atoms in total. The lowest BCUT2D eigenvalue weighted by molar-refractivity contribution is -0.125. The van der Waals surface area contributed by atoms with Crippen molar-refractivity contribution in [3.8, 4) is 0 Å². The van der Waals surface area contributed by atoms with Gasteiger partial charge in [-0.1, -0.05) is 0 Å². The van der Waals surface area contributed by atoms with Crippen molar-refractivity contribution >= 4 is 21.8 Å². The van der Waals surface area contributed by atoms with Gasteiger partial charge in [0.2, 0.25) is 5.91 Å². The zero-order valence-electron chi connectivity index (χ0n) is 10.5. The highest BCUT2D eigenvalue weighted by Crippen LogP contribution is 2.19. The average Bonchev–Trinajstić information content (AvgIpc) is 2.41. The average molecular weight is 312 g/mol. The minimum absolute atomic E-state index is 0.177. The molecule has 2 rings (SSSR count). The summed E-state index contributed by atoms with van der Waals surface area (Å²) in [6, 6.07) is 4.05. The van der Waals surface area contributed by atoms with Crippen molar-refractivity contribution in [1.29, 1.82) is 0 Å². The third kappa shape index (κ3) is 3.53. The van der Waals surface area contributed by atoms with E-state index in [4.69, 9.17) is 0 Å². The van der Waals surface area contributed by atoms with Crippen molar-refractivity contribution in [2.24, 2.45) is 5.92 Å². The minimum atomic E-state index is 0.177. The number of aromatic nitrogens is 1. The van der Waals surface area contributed by atoms with Crippen LogP contribution in [-0.4, -0.2) is 35.9 Å². The first kappa shape index (κ1) is 13.5. The molecule has 1 fully saturated rings. The summed E-state index contributed by atoms with van der Waals surface area (Å²) in [7, 11) is 1.71. The topological polar surface area (TPSA) is 45.2 Å². The molecule has 1 N–H and O–H groups in total. The number of hydrogen-bond donors (Lipinski definition) is 1. The van der Waals surface area contributed by atoms with Crippen LogP contribution in [0.4, 0.5) is 0 Å². The van der Waals surface area contributed by atoms with Crippen LogP contribution < -0.4 is 5.32 Å². The van der Waals surface area contributed by atoms with Crippen LogP contribution in [0.15, 0.2) is 22.8 Å². The Bertz CT molecular complexity index is 399. The van der Waals surface area contributed by atoms with Gasteiger partial charge < -0.3 is 5.32 Å². The van der Waals surface area contributed by atoms with Gasteiger partial charge in [-0.2, -0.15) is 0 Å². The fourth-order valence-corrected chi connectivity index (χ4v) is 2.52. The Morgan fingerprint density at radius 2 is 2.22 bits per heavy atom. The fourth-order valence-electron chi connectivity index (χ4n) is 2.29. The third-order valence-electron chi connectivity index (χ3n) is 3.38. The van der Waals surface area contributed by atoms with Gasteiger partial charge in [0.15, 0.2) is 0 Å². The lowest BCUT2D eigenvalue weighted by Crippen LogP contribution is -2.39. The largest absolute Gasteiger partial charge is 0.359 e. The number of rotatable bonds is 3. The van der Waals surface area contributed by atoms with Gasteiger partial charge in [0.1, 0.15) is 0 Å². The van der Waals surface area contributed by atoms with E-state index >= 15 is 0 Å². The van der Waals surface area contributed by atoms with Crippen molar-refractivity contribution in [3.63, 3.8) is 0 Å². The second-order valence-electron chi connectivity index (χ2n) is 4.63. The molecule has 0 spiro atoms. The van der Waals surface area contributed by atoms with Gasteiger partial charge in [0.05, 0.1) is 5.69 Å². The van der Waals surface area contributed by atoms with Crippen LogP contribution in [0.2, 0.25) is 0 Å². The molecule has 18 heavy (non-hydrogen) atoms. The van der Waals surface area contributed by atoms with Gasteiger partial charge in [-0.05, 0) is 54.0 Å². The van der Waals surface area contributed by atoms with E-state index in [-0.39, 0.29) is 11.8 Å². The second kappa shape index (κ2) is 6.29. The first-order valence-electron chi connectivity index (χ1n) is 6.23. The van der Waals surface area contributed by atoms with Crippen molar-refractivity contribution in [2.75, 3.05) is 20.1 Å². The number of carbonyl (C=O) groups excluding carboxylic acids is 1. The van der Waals surface area contributed by atoms with Gasteiger partial charge >= 0.3 is 0 Å². The molecule has 98 valence electrons. The third-order valence-corrected chi connectivity index (χ3v) is 3.85. The Morgan fingerprint density at radius 3 is 2.78 bits per heavy atom. The maximum absolute atomic E-state index is 11.5. The molecule has 0 atom stereocenters. The second-order valence-corrected chi connectivity index (χ2v) is 5.55. The van der Waals surface area contributed by atoms with E-state index in [0.717, 1.165) is 42.6 Å². The Hall–Kier alpha value is -0.940. The number of hydrogen-bond acceptors (Lipinski definition) is 3. The molecule has 2 heterocycles. The molecule has 0 unspecified atom stereocenters. The lowest BCUT2D eigenvalue weighted by atomic mass is 9.96. The normalized spacial score (nSPS) is 17.7. The molecule has 1 aliphatic heterocycles. The summed E-state index contributed by atoms with van der Waals surface area (Å²) in [5, 5.41) is 2.73. The maximum atomic E-state index is 11.5. The number of halogens is 1. The molecule has 1 amide bonds. The van der Waals surface area contributed by atoms with Crippen LogP contribution in [-0.2, 0) is 11.3 Å². The molecule has 1 aliphatic rings. The SMILES string of the molecule is CNC(=O)C1CCN(Cc2ccc(Br)cn2)CC1. The number of pyridine rings is 1. The Balaban J connectivity index is 1.83. The monoisotopic (exact) mass is 311 g/mol. The van der Waals surface area contributed by atoms with Crippen LogP contribution >= 0.6 is 15.9 Å². The number of piperidine rings is 1. The molecule has 0 saturated carbocycles. The lowest BCUT2D eigenvalue weighted by Gasteiger charge is -2.30. The highest BCUT2D eigenvalue weighted by molar-refractivity contribution is 9.10. The molecule has 0 aliphatic carbocycles. The number of nitrogens with zero attached hydrogens (tertiary/aromatic N) is 2. The van der Waals surface area contributed by atoms with Crippen molar-refractivity contribution in [2.45, 2.75) is 19.4 Å². The van der Waals surface area contributed by atoms with Crippen LogP contribution in [0.3, 0.4) is 0 Å². The molecule has 0 radical (unpaired) electrons. The van der Waals surface area contributed by atoms with E-state index in [1.807, 2.05) is 18.3 Å². The van der Waals surface area contributed by atoms with E-state index in [2.05, 4.69) is 31.1 Å².